The molecule has 2 aromatic heterocycles. The molecule has 3 aromatic rings. The molecule has 1 amide bonds. The summed E-state index contributed by atoms with van der Waals surface area (Å²) in [5.41, 5.74) is 2.19. The number of ketones is 1. The monoisotopic (exact) mass is 422 g/mol. The molecule has 4 rings (SSSR count). The third kappa shape index (κ3) is 3.41. The van der Waals surface area contributed by atoms with Gasteiger partial charge in [-0.05, 0) is 66.8 Å². The fraction of sp³-hybridized carbons (Fsp3) is 0.174. The Kier molecular flexibility index (Phi) is 5.22. The number of hydrogen-bond donors (Lipinski definition) is 1. The molecule has 1 aromatic carbocycles. The molecule has 1 unspecified atom stereocenters. The number of benzene rings is 1. The van der Waals surface area contributed by atoms with Crippen LogP contribution in [-0.4, -0.2) is 26.7 Å². The molecule has 5 nitrogen and oxygen atoms in total. The second-order valence-corrected chi connectivity index (χ2v) is 8.13. The number of hydrogen-bond acceptors (Lipinski definition) is 5. The highest BCUT2D eigenvalue weighted by atomic mass is 32.1. The minimum Gasteiger partial charge on any atom is -0.507 e. The first kappa shape index (κ1) is 20.0. The Morgan fingerprint density at radius 3 is 2.60 bits per heavy atom. The molecule has 1 aliphatic heterocycles. The Balaban J connectivity index is 1.87. The number of amides is 1. The van der Waals surface area contributed by atoms with Crippen LogP contribution < -0.4 is 0 Å². The second-order valence-electron chi connectivity index (χ2n) is 7.18. The van der Waals surface area contributed by atoms with Crippen molar-refractivity contribution in [1.29, 1.82) is 0 Å². The highest BCUT2D eigenvalue weighted by molar-refractivity contribution is 7.10. The van der Waals surface area contributed by atoms with Crippen molar-refractivity contribution in [2.24, 2.45) is 0 Å². The number of aromatic nitrogens is 1. The molecule has 0 spiro atoms. The maximum atomic E-state index is 13.7. The zero-order chi connectivity index (χ0) is 21.4. The van der Waals surface area contributed by atoms with E-state index in [0.29, 0.717) is 16.8 Å². The van der Waals surface area contributed by atoms with Crippen LogP contribution in [0.25, 0.3) is 5.76 Å². The van der Waals surface area contributed by atoms with Crippen LogP contribution in [0.15, 0.2) is 59.6 Å². The first-order chi connectivity index (χ1) is 14.4. The van der Waals surface area contributed by atoms with E-state index < -0.39 is 23.5 Å². The number of aliphatic hydroxyl groups excluding tert-OH is 1. The minimum absolute atomic E-state index is 0.00693. The summed E-state index contributed by atoms with van der Waals surface area (Å²) in [6.07, 6.45) is 1.62. The van der Waals surface area contributed by atoms with Gasteiger partial charge in [-0.25, -0.2) is 4.39 Å². The first-order valence-corrected chi connectivity index (χ1v) is 10.2. The number of thiophene rings is 1. The van der Waals surface area contributed by atoms with Gasteiger partial charge in [-0.3, -0.25) is 14.6 Å². The summed E-state index contributed by atoms with van der Waals surface area (Å²) in [5.74, 6) is -2.17. The van der Waals surface area contributed by atoms with Crippen LogP contribution in [-0.2, 0) is 16.1 Å². The number of likely N-dealkylation sites (tertiary alicyclic amines) is 1. The number of halogens is 1. The molecule has 30 heavy (non-hydrogen) atoms. The Morgan fingerprint density at radius 1 is 1.17 bits per heavy atom. The van der Waals surface area contributed by atoms with Crippen LogP contribution >= 0.6 is 11.3 Å². The lowest BCUT2D eigenvalue weighted by atomic mass is 9.97. The van der Waals surface area contributed by atoms with Crippen molar-refractivity contribution >= 4 is 28.8 Å². The fourth-order valence-corrected chi connectivity index (χ4v) is 4.64. The molecule has 1 fully saturated rings. The van der Waals surface area contributed by atoms with E-state index in [0.717, 1.165) is 10.4 Å². The maximum Gasteiger partial charge on any atom is 0.296 e. The Labute approximate surface area is 177 Å². The highest BCUT2D eigenvalue weighted by Gasteiger charge is 2.47. The van der Waals surface area contributed by atoms with Crippen LogP contribution in [0.5, 0.6) is 0 Å². The maximum absolute atomic E-state index is 13.7. The summed E-state index contributed by atoms with van der Waals surface area (Å²) in [6, 6.07) is 10.6. The zero-order valence-corrected chi connectivity index (χ0v) is 17.2. The SMILES string of the molecule is Cc1cc(/C(O)=C2/C(=O)C(=O)N(Cc3ccccn3)C2c2sccc2C)ccc1F. The van der Waals surface area contributed by atoms with Crippen LogP contribution in [0.3, 0.4) is 0 Å². The van der Waals surface area contributed by atoms with E-state index in [4.69, 9.17) is 0 Å². The predicted octanol–water partition coefficient (Wildman–Crippen LogP) is 4.52. The summed E-state index contributed by atoms with van der Waals surface area (Å²) in [5, 5.41) is 12.9. The van der Waals surface area contributed by atoms with Gasteiger partial charge in [0.25, 0.3) is 11.7 Å². The average Bonchev–Trinajstić information content (AvgIpc) is 3.26. The molecule has 1 N–H and O–H groups in total. The largest absolute Gasteiger partial charge is 0.507 e. The number of pyridine rings is 1. The van der Waals surface area contributed by atoms with Gasteiger partial charge in [0.05, 0.1) is 17.8 Å². The van der Waals surface area contributed by atoms with Gasteiger partial charge in [0, 0.05) is 16.6 Å². The van der Waals surface area contributed by atoms with Gasteiger partial charge in [0.1, 0.15) is 17.6 Å². The van der Waals surface area contributed by atoms with Gasteiger partial charge in [-0.1, -0.05) is 6.07 Å². The number of rotatable bonds is 4. The normalized spacial score (nSPS) is 18.2. The third-order valence-corrected chi connectivity index (χ3v) is 6.25. The predicted molar refractivity (Wildman–Crippen MR) is 112 cm³/mol. The number of carbonyl (C=O) groups excluding carboxylic acids is 2. The van der Waals surface area contributed by atoms with E-state index in [1.165, 1.54) is 34.4 Å². The van der Waals surface area contributed by atoms with E-state index in [1.807, 2.05) is 24.4 Å². The summed E-state index contributed by atoms with van der Waals surface area (Å²) in [6.45, 7) is 3.61. The Morgan fingerprint density at radius 2 is 1.97 bits per heavy atom. The molecule has 152 valence electrons. The molecule has 1 atom stereocenters. The van der Waals surface area contributed by atoms with Crippen LogP contribution in [0.1, 0.15) is 33.3 Å². The van der Waals surface area contributed by atoms with Crippen LogP contribution in [0, 0.1) is 19.7 Å². The lowest BCUT2D eigenvalue weighted by Crippen LogP contribution is -2.29. The van der Waals surface area contributed by atoms with Gasteiger partial charge in [0.15, 0.2) is 0 Å². The Hall–Kier alpha value is -3.32. The van der Waals surface area contributed by atoms with E-state index >= 15 is 0 Å². The topological polar surface area (TPSA) is 70.5 Å². The van der Waals surface area contributed by atoms with E-state index in [9.17, 15) is 19.1 Å². The van der Waals surface area contributed by atoms with Gasteiger partial charge in [-0.15, -0.1) is 11.3 Å². The Bertz CT molecular complexity index is 1170. The summed E-state index contributed by atoms with van der Waals surface area (Å²) in [7, 11) is 0. The van der Waals surface area contributed by atoms with Crippen molar-refractivity contribution in [2.75, 3.05) is 0 Å². The second kappa shape index (κ2) is 7.84. The van der Waals surface area contributed by atoms with E-state index in [-0.39, 0.29) is 17.9 Å². The van der Waals surface area contributed by atoms with Crippen molar-refractivity contribution in [3.8, 4) is 0 Å². The molecular weight excluding hydrogens is 403 g/mol. The molecule has 7 heteroatoms. The number of carbonyl (C=O) groups is 2. The zero-order valence-electron chi connectivity index (χ0n) is 16.4. The summed E-state index contributed by atoms with van der Waals surface area (Å²) >= 11 is 1.42. The third-order valence-electron chi connectivity index (χ3n) is 5.18. The van der Waals surface area contributed by atoms with Gasteiger partial charge in [-0.2, -0.15) is 0 Å². The fourth-order valence-electron chi connectivity index (χ4n) is 3.59. The van der Waals surface area contributed by atoms with Crippen molar-refractivity contribution < 1.29 is 19.1 Å². The average molecular weight is 422 g/mol. The lowest BCUT2D eigenvalue weighted by Gasteiger charge is -2.24. The number of Topliss-reactive ketones (excluding diaryl/α,β-unsaturated/α-hetero) is 1. The molecule has 1 aliphatic rings. The van der Waals surface area contributed by atoms with Gasteiger partial charge >= 0.3 is 0 Å². The standard InChI is InChI=1S/C23H19FN2O3S/c1-13-8-10-30-22(13)19-18(20(27)15-6-7-17(24)14(2)11-15)21(28)23(29)26(19)12-16-5-3-4-9-25-16/h3-11,19,27H,12H2,1-2H3/b20-18-. The molecule has 3 heterocycles. The lowest BCUT2D eigenvalue weighted by molar-refractivity contribution is -0.140. The molecule has 0 bridgehead atoms. The smallest absolute Gasteiger partial charge is 0.296 e. The van der Waals surface area contributed by atoms with Crippen molar-refractivity contribution in [1.82, 2.24) is 9.88 Å². The van der Waals surface area contributed by atoms with E-state index in [1.54, 1.807) is 25.3 Å². The molecule has 0 saturated carbocycles. The highest BCUT2D eigenvalue weighted by Crippen LogP contribution is 2.43. The molecule has 0 aliphatic carbocycles. The van der Waals surface area contributed by atoms with Gasteiger partial charge < -0.3 is 10.0 Å². The van der Waals surface area contributed by atoms with Crippen LogP contribution in [0.4, 0.5) is 4.39 Å². The quantitative estimate of drug-likeness (QED) is 0.381. The molecule has 0 radical (unpaired) electrons. The summed E-state index contributed by atoms with van der Waals surface area (Å²) in [4.78, 5) is 32.4. The minimum atomic E-state index is -0.761. The number of nitrogens with zero attached hydrogens (tertiary/aromatic N) is 2. The molecule has 1 saturated heterocycles. The first-order valence-electron chi connectivity index (χ1n) is 9.37. The number of aryl methyl sites for hydroxylation is 2. The van der Waals surface area contributed by atoms with Gasteiger partial charge in [0.2, 0.25) is 0 Å². The van der Waals surface area contributed by atoms with Crippen molar-refractivity contribution in [2.45, 2.75) is 26.4 Å². The molecular formula is C23H19FN2O3S. The van der Waals surface area contributed by atoms with Crippen molar-refractivity contribution in [3.05, 3.63) is 92.7 Å². The van der Waals surface area contributed by atoms with E-state index in [2.05, 4.69) is 4.98 Å². The van der Waals surface area contributed by atoms with Crippen molar-refractivity contribution in [3.63, 3.8) is 0 Å². The number of aliphatic hydroxyl groups is 1. The van der Waals surface area contributed by atoms with Crippen LogP contribution in [0.2, 0.25) is 0 Å². The summed E-state index contributed by atoms with van der Waals surface area (Å²) < 4.78 is 13.7.